The van der Waals surface area contributed by atoms with Crippen molar-refractivity contribution < 1.29 is 4.52 Å². The van der Waals surface area contributed by atoms with Crippen LogP contribution in [0.5, 0.6) is 0 Å². The van der Waals surface area contributed by atoms with E-state index >= 15 is 0 Å². The van der Waals surface area contributed by atoms with Crippen LogP contribution in [0.4, 0.5) is 5.88 Å². The highest BCUT2D eigenvalue weighted by atomic mass is 35.5. The van der Waals surface area contributed by atoms with E-state index < -0.39 is 0 Å². The predicted octanol–water partition coefficient (Wildman–Crippen LogP) is 5.21. The van der Waals surface area contributed by atoms with Crippen molar-refractivity contribution in [2.24, 2.45) is 0 Å². The fraction of sp³-hybridized carbons (Fsp3) is 0.0625. The zero-order valence-corrected chi connectivity index (χ0v) is 12.7. The minimum absolute atomic E-state index is 0.274. The highest BCUT2D eigenvalue weighted by Gasteiger charge is 2.19. The Morgan fingerprint density at radius 1 is 1.05 bits per heavy atom. The van der Waals surface area contributed by atoms with Gasteiger partial charge in [-0.3, -0.25) is 0 Å². The van der Waals surface area contributed by atoms with Gasteiger partial charge >= 0.3 is 0 Å². The quantitative estimate of drug-likeness (QED) is 0.706. The van der Waals surface area contributed by atoms with Gasteiger partial charge in [0.2, 0.25) is 5.88 Å². The van der Waals surface area contributed by atoms with Crippen LogP contribution in [0.25, 0.3) is 22.4 Å². The molecule has 0 aliphatic rings. The van der Waals surface area contributed by atoms with Gasteiger partial charge in [-0.1, -0.05) is 52.6 Å². The lowest BCUT2D eigenvalue weighted by molar-refractivity contribution is 0.439. The number of hydrogen-bond acceptors (Lipinski definition) is 3. The molecule has 0 spiro atoms. The second-order valence-corrected chi connectivity index (χ2v) is 5.62. The number of nitrogens with two attached hydrogens (primary N) is 1. The summed E-state index contributed by atoms with van der Waals surface area (Å²) in [6.07, 6.45) is 0. The van der Waals surface area contributed by atoms with Crippen LogP contribution in [-0.2, 0) is 0 Å². The van der Waals surface area contributed by atoms with E-state index in [9.17, 15) is 0 Å². The molecule has 21 heavy (non-hydrogen) atoms. The van der Waals surface area contributed by atoms with Gasteiger partial charge in [-0.2, -0.15) is 0 Å². The van der Waals surface area contributed by atoms with Gasteiger partial charge < -0.3 is 10.3 Å². The molecule has 0 saturated carbocycles. The van der Waals surface area contributed by atoms with Crippen molar-refractivity contribution in [2.45, 2.75) is 6.92 Å². The van der Waals surface area contributed by atoms with Crippen molar-refractivity contribution >= 4 is 29.1 Å². The van der Waals surface area contributed by atoms with E-state index in [1.54, 1.807) is 18.2 Å². The Morgan fingerprint density at radius 3 is 2.38 bits per heavy atom. The molecule has 1 aromatic heterocycles. The van der Waals surface area contributed by atoms with E-state index in [1.165, 1.54) is 0 Å². The van der Waals surface area contributed by atoms with Crippen LogP contribution in [0.3, 0.4) is 0 Å². The standard InChI is InChI=1S/C16H12Cl2N2O/c1-9-4-2-3-5-13(9)14-15(20-21-16(14)19)10-6-11(17)8-12(18)7-10/h2-8H,19H2,1H3. The van der Waals surface area contributed by atoms with Gasteiger partial charge in [-0.25, -0.2) is 0 Å². The van der Waals surface area contributed by atoms with E-state index in [-0.39, 0.29) is 5.88 Å². The third-order valence-electron chi connectivity index (χ3n) is 3.27. The Bertz CT molecular complexity index is 792. The molecular weight excluding hydrogens is 307 g/mol. The molecule has 3 nitrogen and oxygen atoms in total. The van der Waals surface area contributed by atoms with Gasteiger partial charge in [-0.15, -0.1) is 0 Å². The normalized spacial score (nSPS) is 10.8. The molecule has 3 aromatic rings. The predicted molar refractivity (Wildman–Crippen MR) is 86.5 cm³/mol. The van der Waals surface area contributed by atoms with Crippen LogP contribution in [0.1, 0.15) is 5.56 Å². The third-order valence-corrected chi connectivity index (χ3v) is 3.71. The van der Waals surface area contributed by atoms with Crippen LogP contribution in [0, 0.1) is 6.92 Å². The smallest absolute Gasteiger partial charge is 0.230 e. The first-order chi connectivity index (χ1) is 10.1. The van der Waals surface area contributed by atoms with Crippen molar-refractivity contribution in [3.05, 3.63) is 58.1 Å². The first-order valence-corrected chi connectivity index (χ1v) is 7.09. The lowest BCUT2D eigenvalue weighted by atomic mass is 9.97. The largest absolute Gasteiger partial charge is 0.367 e. The SMILES string of the molecule is Cc1ccccc1-c1c(-c2cc(Cl)cc(Cl)c2)noc1N. The number of aromatic nitrogens is 1. The van der Waals surface area contributed by atoms with E-state index in [0.29, 0.717) is 15.7 Å². The van der Waals surface area contributed by atoms with E-state index in [1.807, 2.05) is 31.2 Å². The Hall–Kier alpha value is -1.97. The molecule has 0 atom stereocenters. The maximum Gasteiger partial charge on any atom is 0.230 e. The topological polar surface area (TPSA) is 52.0 Å². The molecule has 0 bridgehead atoms. The molecular formula is C16H12Cl2N2O. The van der Waals surface area contributed by atoms with Crippen molar-refractivity contribution in [2.75, 3.05) is 5.73 Å². The highest BCUT2D eigenvalue weighted by Crippen LogP contribution is 2.39. The number of rotatable bonds is 2. The van der Waals surface area contributed by atoms with Gasteiger partial charge in [0.1, 0.15) is 5.69 Å². The highest BCUT2D eigenvalue weighted by molar-refractivity contribution is 6.35. The second kappa shape index (κ2) is 5.43. The lowest BCUT2D eigenvalue weighted by Gasteiger charge is -2.07. The molecule has 1 heterocycles. The van der Waals surface area contributed by atoms with Crippen LogP contribution < -0.4 is 5.73 Å². The number of aryl methyl sites for hydroxylation is 1. The maximum atomic E-state index is 6.06. The van der Waals surface area contributed by atoms with Crippen molar-refractivity contribution in [1.29, 1.82) is 0 Å². The number of halogens is 2. The summed E-state index contributed by atoms with van der Waals surface area (Å²) < 4.78 is 5.18. The molecule has 2 aromatic carbocycles. The van der Waals surface area contributed by atoms with Crippen molar-refractivity contribution in [3.63, 3.8) is 0 Å². The number of hydrogen-bond donors (Lipinski definition) is 1. The number of nitrogens with zero attached hydrogens (tertiary/aromatic N) is 1. The molecule has 106 valence electrons. The van der Waals surface area contributed by atoms with E-state index in [4.69, 9.17) is 33.5 Å². The second-order valence-electron chi connectivity index (χ2n) is 4.74. The van der Waals surface area contributed by atoms with E-state index in [0.717, 1.165) is 22.3 Å². The maximum absolute atomic E-state index is 6.06. The van der Waals surface area contributed by atoms with Gasteiger partial charge in [0.15, 0.2) is 0 Å². The average Bonchev–Trinajstić information content (AvgIpc) is 2.80. The molecule has 0 fully saturated rings. The average molecular weight is 319 g/mol. The van der Waals surface area contributed by atoms with Crippen LogP contribution in [-0.4, -0.2) is 5.16 Å². The van der Waals surface area contributed by atoms with Crippen LogP contribution in [0.15, 0.2) is 47.0 Å². The minimum Gasteiger partial charge on any atom is -0.367 e. The lowest BCUT2D eigenvalue weighted by Crippen LogP contribution is -1.90. The number of anilines is 1. The molecule has 2 N–H and O–H groups in total. The first-order valence-electron chi connectivity index (χ1n) is 6.34. The van der Waals surface area contributed by atoms with Gasteiger partial charge in [0.25, 0.3) is 0 Å². The summed E-state index contributed by atoms with van der Waals surface area (Å²) in [5.41, 5.74) is 10.2. The van der Waals surface area contributed by atoms with Crippen molar-refractivity contribution in [1.82, 2.24) is 5.16 Å². The summed E-state index contributed by atoms with van der Waals surface area (Å²) in [5.74, 6) is 0.274. The van der Waals surface area contributed by atoms with Gasteiger partial charge in [0.05, 0.1) is 5.56 Å². The zero-order valence-electron chi connectivity index (χ0n) is 11.2. The van der Waals surface area contributed by atoms with Crippen molar-refractivity contribution in [3.8, 4) is 22.4 Å². The molecule has 0 radical (unpaired) electrons. The Balaban J connectivity index is 2.24. The summed E-state index contributed by atoms with van der Waals surface area (Å²) in [5, 5.41) is 5.14. The molecule has 0 aliphatic carbocycles. The minimum atomic E-state index is 0.274. The van der Waals surface area contributed by atoms with E-state index in [2.05, 4.69) is 5.16 Å². The Labute approximate surface area is 132 Å². The third kappa shape index (κ3) is 2.62. The molecule has 0 aliphatic heterocycles. The first kappa shape index (κ1) is 14.0. The molecule has 0 saturated heterocycles. The molecule has 0 amide bonds. The summed E-state index contributed by atoms with van der Waals surface area (Å²) in [4.78, 5) is 0. The number of nitrogen functional groups attached to an aromatic ring is 1. The summed E-state index contributed by atoms with van der Waals surface area (Å²) >= 11 is 12.1. The fourth-order valence-corrected chi connectivity index (χ4v) is 2.83. The van der Waals surface area contributed by atoms with Gasteiger partial charge in [-0.05, 0) is 36.2 Å². The summed E-state index contributed by atoms with van der Waals surface area (Å²) in [6.45, 7) is 2.01. The molecule has 5 heteroatoms. The molecule has 0 unspecified atom stereocenters. The Kier molecular flexibility index (Phi) is 3.62. The van der Waals surface area contributed by atoms with Crippen LogP contribution in [0.2, 0.25) is 10.0 Å². The molecule has 3 rings (SSSR count). The van der Waals surface area contributed by atoms with Gasteiger partial charge in [0, 0.05) is 15.6 Å². The van der Waals surface area contributed by atoms with Crippen LogP contribution >= 0.6 is 23.2 Å². The summed E-state index contributed by atoms with van der Waals surface area (Å²) in [7, 11) is 0. The fourth-order valence-electron chi connectivity index (χ4n) is 2.30. The number of benzene rings is 2. The summed E-state index contributed by atoms with van der Waals surface area (Å²) in [6, 6.07) is 13.1. The Morgan fingerprint density at radius 2 is 1.71 bits per heavy atom. The zero-order chi connectivity index (χ0) is 15.0. The monoisotopic (exact) mass is 318 g/mol.